The predicted octanol–water partition coefficient (Wildman–Crippen LogP) is 0.664. The van der Waals surface area contributed by atoms with Crippen LogP contribution in [0.2, 0.25) is 0 Å². The summed E-state index contributed by atoms with van der Waals surface area (Å²) in [6.45, 7) is 2.28. The topological polar surface area (TPSA) is 106 Å². The minimum Gasteiger partial charge on any atom is -0.369 e. The van der Waals surface area contributed by atoms with Crippen LogP contribution in [-0.4, -0.2) is 43.6 Å². The summed E-state index contributed by atoms with van der Waals surface area (Å²) in [5, 5.41) is 5.65. The van der Waals surface area contributed by atoms with E-state index in [9.17, 15) is 14.4 Å². The minimum absolute atomic E-state index is 0.135. The molecule has 2 aromatic carbocycles. The number of thioether (sulfide) groups is 1. The number of hydrogen-bond donors (Lipinski definition) is 4. The Labute approximate surface area is 168 Å². The van der Waals surface area contributed by atoms with Gasteiger partial charge in [-0.3, -0.25) is 14.4 Å². The van der Waals surface area contributed by atoms with Crippen molar-refractivity contribution in [1.82, 2.24) is 0 Å². The second-order valence-electron chi connectivity index (χ2n) is 6.52. The Morgan fingerprint density at radius 2 is 1.57 bits per heavy atom. The highest BCUT2D eigenvalue weighted by atomic mass is 32.2. The molecular weight excluding hydrogens is 376 g/mol. The fraction of sp³-hybridized carbons (Fsp3) is 0.250. The Kier molecular flexibility index (Phi) is 8.03. The molecule has 0 fully saturated rings. The van der Waals surface area contributed by atoms with E-state index in [0.717, 1.165) is 21.0 Å². The summed E-state index contributed by atoms with van der Waals surface area (Å²) in [6.07, 6.45) is 0. The van der Waals surface area contributed by atoms with Gasteiger partial charge in [-0.25, -0.2) is 0 Å². The van der Waals surface area contributed by atoms with E-state index >= 15 is 0 Å². The Bertz CT molecular complexity index is 840. The van der Waals surface area contributed by atoms with Gasteiger partial charge >= 0.3 is 0 Å². The molecule has 2 aromatic rings. The third-order valence-corrected chi connectivity index (χ3v) is 4.89. The molecule has 2 rings (SSSR count). The molecule has 0 saturated carbocycles. The Hall–Kier alpha value is -2.84. The molecule has 0 heterocycles. The quantitative estimate of drug-likeness (QED) is 0.463. The lowest BCUT2D eigenvalue weighted by molar-refractivity contribution is -0.862. The molecule has 0 spiro atoms. The number of anilines is 2. The molecule has 0 aliphatic carbocycles. The lowest BCUT2D eigenvalue weighted by Gasteiger charge is -2.15. The van der Waals surface area contributed by atoms with Crippen LogP contribution in [-0.2, 0) is 14.4 Å². The fourth-order valence-electron chi connectivity index (χ4n) is 2.49. The molecule has 0 saturated heterocycles. The summed E-state index contributed by atoms with van der Waals surface area (Å²) < 4.78 is 0. The molecule has 1 unspecified atom stereocenters. The fourth-order valence-corrected chi connectivity index (χ4v) is 3.24. The number of benzene rings is 2. The molecule has 0 radical (unpaired) electrons. The minimum atomic E-state index is -0.421. The van der Waals surface area contributed by atoms with Gasteiger partial charge in [0.25, 0.3) is 11.8 Å². The first-order valence-corrected chi connectivity index (χ1v) is 9.80. The Morgan fingerprint density at radius 3 is 2.21 bits per heavy atom. The normalized spacial score (nSPS) is 11.5. The number of carbonyl (C=O) groups excluding carboxylic acids is 3. The first-order chi connectivity index (χ1) is 13.3. The molecule has 148 valence electrons. The zero-order chi connectivity index (χ0) is 20.5. The van der Waals surface area contributed by atoms with E-state index in [4.69, 9.17) is 5.73 Å². The van der Waals surface area contributed by atoms with Crippen molar-refractivity contribution in [2.45, 2.75) is 11.8 Å². The number of amides is 3. The number of nitrogens with one attached hydrogen (secondary N) is 3. The van der Waals surface area contributed by atoms with E-state index in [1.807, 2.05) is 43.3 Å². The Morgan fingerprint density at radius 1 is 0.964 bits per heavy atom. The molecule has 0 aliphatic heterocycles. The monoisotopic (exact) mass is 401 g/mol. The number of rotatable bonds is 9. The summed E-state index contributed by atoms with van der Waals surface area (Å²) in [7, 11) is 1.78. The zero-order valence-electron chi connectivity index (χ0n) is 16.0. The van der Waals surface area contributed by atoms with Gasteiger partial charge in [-0.05, 0) is 31.2 Å². The van der Waals surface area contributed by atoms with Gasteiger partial charge in [-0.2, -0.15) is 0 Å². The number of hydrogen-bond acceptors (Lipinski definition) is 4. The summed E-state index contributed by atoms with van der Waals surface area (Å²) in [4.78, 5) is 37.0. The van der Waals surface area contributed by atoms with Gasteiger partial charge in [-0.15, -0.1) is 11.8 Å². The van der Waals surface area contributed by atoms with Crippen LogP contribution in [0.1, 0.15) is 5.56 Å². The van der Waals surface area contributed by atoms with Crippen LogP contribution in [0.25, 0.3) is 0 Å². The van der Waals surface area contributed by atoms with Crippen LogP contribution in [0.4, 0.5) is 11.4 Å². The van der Waals surface area contributed by atoms with Crippen LogP contribution in [0.3, 0.4) is 0 Å². The average molecular weight is 402 g/mol. The average Bonchev–Trinajstić information content (AvgIpc) is 2.62. The van der Waals surface area contributed by atoms with Gasteiger partial charge < -0.3 is 21.3 Å². The molecule has 0 bridgehead atoms. The molecule has 7 nitrogen and oxygen atoms in total. The van der Waals surface area contributed by atoms with Crippen LogP contribution >= 0.6 is 11.8 Å². The van der Waals surface area contributed by atoms with E-state index in [-0.39, 0.29) is 30.7 Å². The van der Waals surface area contributed by atoms with Crippen molar-refractivity contribution >= 4 is 40.9 Å². The predicted molar refractivity (Wildman–Crippen MR) is 111 cm³/mol. The van der Waals surface area contributed by atoms with Gasteiger partial charge in [0, 0.05) is 10.6 Å². The number of likely N-dealkylation sites (N-methyl/N-ethyl adjacent to an activating group) is 1. The highest BCUT2D eigenvalue weighted by Crippen LogP contribution is 2.26. The van der Waals surface area contributed by atoms with Crippen molar-refractivity contribution in [3.8, 4) is 0 Å². The third-order valence-electron chi connectivity index (χ3n) is 3.79. The molecule has 28 heavy (non-hydrogen) atoms. The van der Waals surface area contributed by atoms with E-state index in [1.165, 1.54) is 11.8 Å². The molecule has 5 N–H and O–H groups in total. The van der Waals surface area contributed by atoms with Crippen molar-refractivity contribution in [3.63, 3.8) is 0 Å². The second-order valence-corrected chi connectivity index (χ2v) is 7.54. The van der Waals surface area contributed by atoms with Crippen molar-refractivity contribution in [2.75, 3.05) is 36.5 Å². The van der Waals surface area contributed by atoms with Gasteiger partial charge in [0.05, 0.1) is 18.5 Å². The van der Waals surface area contributed by atoms with E-state index in [0.29, 0.717) is 5.69 Å². The number of aryl methyl sites for hydroxylation is 1. The maximum atomic E-state index is 12.3. The van der Waals surface area contributed by atoms with Crippen molar-refractivity contribution in [2.24, 2.45) is 5.73 Å². The smallest absolute Gasteiger partial charge is 0.279 e. The molecule has 8 heteroatoms. The summed E-state index contributed by atoms with van der Waals surface area (Å²) in [6, 6.07) is 14.7. The third kappa shape index (κ3) is 7.42. The SMILES string of the molecule is Cc1ccc(NC(=O)C[NH+](C)CC(=O)Nc2ccccc2SCC(N)=O)cc1. The van der Waals surface area contributed by atoms with E-state index in [1.54, 1.807) is 19.2 Å². The number of quaternary nitrogens is 1. The van der Waals surface area contributed by atoms with Crippen molar-refractivity contribution < 1.29 is 19.3 Å². The van der Waals surface area contributed by atoms with E-state index in [2.05, 4.69) is 10.6 Å². The molecule has 1 atom stereocenters. The molecule has 0 aliphatic rings. The summed E-state index contributed by atoms with van der Waals surface area (Å²) in [5.41, 5.74) is 7.65. The van der Waals surface area contributed by atoms with Crippen LogP contribution in [0, 0.1) is 6.92 Å². The molecule has 0 aromatic heterocycles. The number of primary amides is 1. The van der Waals surface area contributed by atoms with Crippen LogP contribution in [0.15, 0.2) is 53.4 Å². The number of para-hydroxylation sites is 1. The highest BCUT2D eigenvalue weighted by Gasteiger charge is 2.16. The van der Waals surface area contributed by atoms with Crippen LogP contribution in [0.5, 0.6) is 0 Å². The van der Waals surface area contributed by atoms with E-state index < -0.39 is 5.91 Å². The maximum absolute atomic E-state index is 12.3. The summed E-state index contributed by atoms with van der Waals surface area (Å²) in [5.74, 6) is -0.661. The van der Waals surface area contributed by atoms with Gasteiger partial charge in [0.15, 0.2) is 13.1 Å². The van der Waals surface area contributed by atoms with Gasteiger partial charge in [0.2, 0.25) is 5.91 Å². The standard InChI is InChI=1S/C20H24N4O3S/c1-14-7-9-15(10-8-14)22-19(26)11-24(2)12-20(27)23-16-5-3-4-6-17(16)28-13-18(21)25/h3-10H,11-13H2,1-2H3,(H2,21,25)(H,22,26)(H,23,27)/p+1. The van der Waals surface area contributed by atoms with Crippen molar-refractivity contribution in [1.29, 1.82) is 0 Å². The highest BCUT2D eigenvalue weighted by molar-refractivity contribution is 8.00. The summed E-state index contributed by atoms with van der Waals surface area (Å²) >= 11 is 1.27. The van der Waals surface area contributed by atoms with Crippen molar-refractivity contribution in [3.05, 3.63) is 54.1 Å². The first kappa shape index (κ1) is 21.5. The zero-order valence-corrected chi connectivity index (χ0v) is 16.8. The molecule has 3 amide bonds. The number of carbonyl (C=O) groups is 3. The first-order valence-electron chi connectivity index (χ1n) is 8.81. The van der Waals surface area contributed by atoms with Crippen LogP contribution < -0.4 is 21.3 Å². The largest absolute Gasteiger partial charge is 0.369 e. The number of nitrogens with two attached hydrogens (primary N) is 1. The molecular formula is C20H25N4O3S+. The maximum Gasteiger partial charge on any atom is 0.279 e. The Balaban J connectivity index is 1.84. The van der Waals surface area contributed by atoms with Gasteiger partial charge in [-0.1, -0.05) is 29.8 Å². The second kappa shape index (κ2) is 10.5. The lowest BCUT2D eigenvalue weighted by Crippen LogP contribution is -3.11. The lowest BCUT2D eigenvalue weighted by atomic mass is 10.2. The van der Waals surface area contributed by atoms with Gasteiger partial charge in [0.1, 0.15) is 0 Å².